The molecule has 2 heterocycles. The molecule has 0 unspecified atom stereocenters. The average molecular weight is 382 g/mol. The van der Waals surface area contributed by atoms with Gasteiger partial charge in [0.25, 0.3) is 0 Å². The first-order chi connectivity index (χ1) is 13.4. The highest BCUT2D eigenvalue weighted by Gasteiger charge is 2.23. The van der Waals surface area contributed by atoms with Crippen molar-refractivity contribution in [3.63, 3.8) is 0 Å². The minimum atomic E-state index is -0.643. The summed E-state index contributed by atoms with van der Waals surface area (Å²) in [6.45, 7) is 10.3. The van der Waals surface area contributed by atoms with Crippen molar-refractivity contribution in [2.24, 2.45) is 5.92 Å². The van der Waals surface area contributed by atoms with Gasteiger partial charge in [0.15, 0.2) is 5.78 Å². The van der Waals surface area contributed by atoms with Gasteiger partial charge < -0.3 is 16.0 Å². The fourth-order valence-electron chi connectivity index (χ4n) is 3.69. The number of nitrogens with zero attached hydrogens (tertiary/aromatic N) is 2. The number of ketones is 1. The lowest BCUT2D eigenvalue weighted by atomic mass is 9.96. The summed E-state index contributed by atoms with van der Waals surface area (Å²) in [4.78, 5) is 19.3. The highest BCUT2D eigenvalue weighted by atomic mass is 19.1. The van der Waals surface area contributed by atoms with Gasteiger partial charge in [0.1, 0.15) is 11.6 Å². The van der Waals surface area contributed by atoms with Gasteiger partial charge in [-0.2, -0.15) is 0 Å². The van der Waals surface area contributed by atoms with Crippen LogP contribution in [0.1, 0.15) is 41.8 Å². The number of hydrogen-bond acceptors (Lipinski definition) is 5. The number of benzene rings is 1. The Morgan fingerprint density at radius 2 is 2.14 bits per heavy atom. The number of carbonyl (C=O) groups is 1. The summed E-state index contributed by atoms with van der Waals surface area (Å²) in [5.74, 6) is -0.265. The summed E-state index contributed by atoms with van der Waals surface area (Å²) in [7, 11) is 0. The Hall–Kier alpha value is -2.73. The molecule has 1 aromatic carbocycles. The van der Waals surface area contributed by atoms with Crippen LogP contribution in [-0.2, 0) is 0 Å². The molecule has 0 bridgehead atoms. The lowest BCUT2D eigenvalue weighted by molar-refractivity contribution is 0.103. The molecule has 1 aliphatic heterocycles. The Bertz CT molecular complexity index is 881. The maximum atomic E-state index is 14.0. The highest BCUT2D eigenvalue weighted by Crippen LogP contribution is 2.28. The molecule has 148 valence electrons. The molecule has 1 aromatic heterocycles. The summed E-state index contributed by atoms with van der Waals surface area (Å²) < 4.78 is 14.0. The summed E-state index contributed by atoms with van der Waals surface area (Å²) in [5.41, 5.74) is 7.46. The summed E-state index contributed by atoms with van der Waals surface area (Å²) >= 11 is 0. The quantitative estimate of drug-likeness (QED) is 0.746. The van der Waals surface area contributed by atoms with Crippen LogP contribution in [0.2, 0.25) is 0 Å². The zero-order chi connectivity index (χ0) is 20.3. The first-order valence-corrected chi connectivity index (χ1v) is 9.59. The molecular formula is C22H27FN4O. The molecule has 0 aliphatic carbocycles. The van der Waals surface area contributed by atoms with Crippen LogP contribution in [0.15, 0.2) is 43.1 Å². The third kappa shape index (κ3) is 4.39. The van der Waals surface area contributed by atoms with E-state index in [1.165, 1.54) is 6.20 Å². The minimum absolute atomic E-state index is 0.132. The second-order valence-corrected chi connectivity index (χ2v) is 7.63. The molecule has 0 amide bonds. The number of nitrogen functional groups attached to an aromatic ring is 1. The number of anilines is 2. The first-order valence-electron chi connectivity index (χ1n) is 9.59. The molecule has 3 N–H and O–H groups in total. The smallest absolute Gasteiger partial charge is 0.197 e. The van der Waals surface area contributed by atoms with E-state index >= 15 is 0 Å². The van der Waals surface area contributed by atoms with Gasteiger partial charge in [-0.15, -0.1) is 0 Å². The molecule has 0 radical (unpaired) electrons. The number of piperazine rings is 1. The number of aromatic nitrogens is 1. The third-order valence-electron chi connectivity index (χ3n) is 5.00. The van der Waals surface area contributed by atoms with Gasteiger partial charge in [0, 0.05) is 48.7 Å². The van der Waals surface area contributed by atoms with E-state index in [2.05, 4.69) is 35.6 Å². The number of nitrogens with two attached hydrogens (primary N) is 1. The van der Waals surface area contributed by atoms with E-state index < -0.39 is 5.83 Å². The van der Waals surface area contributed by atoms with Crippen LogP contribution in [0.5, 0.6) is 0 Å². The molecular weight excluding hydrogens is 355 g/mol. The van der Waals surface area contributed by atoms with Crippen LogP contribution in [0, 0.1) is 5.92 Å². The normalized spacial score (nSPS) is 17.0. The molecule has 1 saturated heterocycles. The molecule has 3 rings (SSSR count). The van der Waals surface area contributed by atoms with Crippen LogP contribution in [-0.4, -0.2) is 36.4 Å². The van der Waals surface area contributed by atoms with Crippen molar-refractivity contribution >= 4 is 23.1 Å². The summed E-state index contributed by atoms with van der Waals surface area (Å²) in [6.07, 6.45) is 2.60. The zero-order valence-electron chi connectivity index (χ0n) is 16.4. The average Bonchev–Trinajstić information content (AvgIpc) is 2.67. The standard InChI is InChI=1S/C22H27FN4O/c1-14(2)11-16-13-27(10-9-25-16)17-6-7-18(15(3)23)20(12-17)21(28)19-5-4-8-26-22(19)24/h4-8,12,14,16,25H,3,9-11,13H2,1-2H3,(H2,24,26)/t16-/m0/s1. The fraction of sp³-hybridized carbons (Fsp3) is 0.364. The summed E-state index contributed by atoms with van der Waals surface area (Å²) in [6, 6.07) is 8.85. The Kier molecular flexibility index (Phi) is 6.09. The number of hydrogen-bond donors (Lipinski definition) is 2. The Labute approximate surface area is 165 Å². The lowest BCUT2D eigenvalue weighted by Crippen LogP contribution is -2.51. The monoisotopic (exact) mass is 382 g/mol. The Morgan fingerprint density at radius 3 is 2.82 bits per heavy atom. The highest BCUT2D eigenvalue weighted by molar-refractivity contribution is 6.14. The molecule has 1 fully saturated rings. The number of nitrogens with one attached hydrogen (secondary N) is 1. The van der Waals surface area contributed by atoms with Gasteiger partial charge in [-0.3, -0.25) is 4.79 Å². The van der Waals surface area contributed by atoms with Crippen molar-refractivity contribution in [3.05, 3.63) is 59.8 Å². The van der Waals surface area contributed by atoms with E-state index in [1.807, 2.05) is 6.07 Å². The molecule has 1 atom stereocenters. The molecule has 5 nitrogen and oxygen atoms in total. The van der Waals surface area contributed by atoms with E-state index in [-0.39, 0.29) is 28.3 Å². The van der Waals surface area contributed by atoms with E-state index in [0.717, 1.165) is 31.7 Å². The second kappa shape index (κ2) is 8.52. The van der Waals surface area contributed by atoms with Gasteiger partial charge in [-0.25, -0.2) is 9.37 Å². The molecule has 6 heteroatoms. The van der Waals surface area contributed by atoms with Gasteiger partial charge in [-0.05, 0) is 42.7 Å². The zero-order valence-corrected chi connectivity index (χ0v) is 16.4. The first kappa shape index (κ1) is 20.0. The predicted molar refractivity (Wildman–Crippen MR) is 112 cm³/mol. The second-order valence-electron chi connectivity index (χ2n) is 7.63. The van der Waals surface area contributed by atoms with Crippen LogP contribution in [0.3, 0.4) is 0 Å². The molecule has 2 aromatic rings. The van der Waals surface area contributed by atoms with Crippen molar-refractivity contribution in [1.29, 1.82) is 0 Å². The van der Waals surface area contributed by atoms with E-state index in [4.69, 9.17) is 5.73 Å². The van der Waals surface area contributed by atoms with Crippen molar-refractivity contribution < 1.29 is 9.18 Å². The van der Waals surface area contributed by atoms with E-state index in [9.17, 15) is 9.18 Å². The SMILES string of the molecule is C=C(F)c1ccc(N2CCN[C@@H](CC(C)C)C2)cc1C(=O)c1cccnc1N. The van der Waals surface area contributed by atoms with Crippen molar-refractivity contribution in [2.75, 3.05) is 30.3 Å². The third-order valence-corrected chi connectivity index (χ3v) is 5.00. The number of carbonyl (C=O) groups excluding carboxylic acids is 1. The largest absolute Gasteiger partial charge is 0.383 e. The molecule has 28 heavy (non-hydrogen) atoms. The topological polar surface area (TPSA) is 71.2 Å². The Morgan fingerprint density at radius 1 is 1.36 bits per heavy atom. The van der Waals surface area contributed by atoms with Gasteiger partial charge >= 0.3 is 0 Å². The van der Waals surface area contributed by atoms with Crippen LogP contribution < -0.4 is 16.0 Å². The van der Waals surface area contributed by atoms with Crippen molar-refractivity contribution in [2.45, 2.75) is 26.3 Å². The van der Waals surface area contributed by atoms with Gasteiger partial charge in [0.05, 0.1) is 5.56 Å². The lowest BCUT2D eigenvalue weighted by Gasteiger charge is -2.36. The van der Waals surface area contributed by atoms with Crippen molar-refractivity contribution in [1.82, 2.24) is 10.3 Å². The van der Waals surface area contributed by atoms with Crippen LogP contribution >= 0.6 is 0 Å². The Balaban J connectivity index is 1.95. The van der Waals surface area contributed by atoms with E-state index in [1.54, 1.807) is 24.3 Å². The predicted octanol–water partition coefficient (Wildman–Crippen LogP) is 3.66. The number of halogens is 1. The maximum Gasteiger partial charge on any atom is 0.197 e. The molecule has 0 spiro atoms. The van der Waals surface area contributed by atoms with Gasteiger partial charge in [-0.1, -0.05) is 20.4 Å². The van der Waals surface area contributed by atoms with Crippen LogP contribution in [0.25, 0.3) is 5.83 Å². The minimum Gasteiger partial charge on any atom is -0.383 e. The fourth-order valence-corrected chi connectivity index (χ4v) is 3.69. The van der Waals surface area contributed by atoms with Gasteiger partial charge in [0.2, 0.25) is 0 Å². The number of rotatable bonds is 6. The van der Waals surface area contributed by atoms with E-state index in [0.29, 0.717) is 12.0 Å². The van der Waals surface area contributed by atoms with Crippen LogP contribution in [0.4, 0.5) is 15.9 Å². The number of pyridine rings is 1. The maximum absolute atomic E-state index is 14.0. The van der Waals surface area contributed by atoms with Crippen molar-refractivity contribution in [3.8, 4) is 0 Å². The summed E-state index contributed by atoms with van der Waals surface area (Å²) in [5, 5.41) is 3.54. The molecule has 0 saturated carbocycles. The molecule has 1 aliphatic rings.